The van der Waals surface area contributed by atoms with E-state index in [4.69, 9.17) is 14.3 Å². The summed E-state index contributed by atoms with van der Waals surface area (Å²) >= 11 is 1.98. The molecule has 4 atom stereocenters. The van der Waals surface area contributed by atoms with Gasteiger partial charge in [-0.2, -0.15) is 0 Å². The van der Waals surface area contributed by atoms with Gasteiger partial charge in [0.1, 0.15) is 0 Å². The van der Waals surface area contributed by atoms with Crippen LogP contribution >= 0.6 is 38.2 Å². The van der Waals surface area contributed by atoms with Crippen LogP contribution in [0.5, 0.6) is 0 Å². The highest BCUT2D eigenvalue weighted by atomic mass is 127. The lowest BCUT2D eigenvalue weighted by Crippen LogP contribution is -2.26. The summed E-state index contributed by atoms with van der Waals surface area (Å²) < 4.78 is 34.6. The van der Waals surface area contributed by atoms with Gasteiger partial charge in [-0.15, -0.1) is 0 Å². The smallest absolute Gasteiger partial charge is 0.371 e. The van der Waals surface area contributed by atoms with Crippen LogP contribution < -0.4 is 5.32 Å². The fraction of sp³-hybridized carbons (Fsp3) is 0.615. The van der Waals surface area contributed by atoms with E-state index >= 15 is 0 Å². The van der Waals surface area contributed by atoms with E-state index in [2.05, 4.69) is 24.8 Å². The second-order valence-corrected chi connectivity index (χ2v) is 10.5. The van der Waals surface area contributed by atoms with Crippen molar-refractivity contribution in [3.8, 4) is 0 Å². The molecule has 0 spiro atoms. The van der Waals surface area contributed by atoms with Crippen LogP contribution in [0.1, 0.15) is 18.9 Å². The molecular formula is C13H18IN5O8P2. The minimum Gasteiger partial charge on any atom is -0.371 e. The number of hydrogen-bond donors (Lipinski definition) is 5. The van der Waals surface area contributed by atoms with Crippen molar-refractivity contribution in [1.82, 2.24) is 19.5 Å². The van der Waals surface area contributed by atoms with E-state index in [1.54, 1.807) is 17.9 Å². The lowest BCUT2D eigenvalue weighted by atomic mass is 10.0. The van der Waals surface area contributed by atoms with Crippen LogP contribution in [0.15, 0.2) is 6.33 Å². The molecule has 13 nitrogen and oxygen atoms in total. The number of fused-ring (bicyclic) bond motifs is 2. The first-order chi connectivity index (χ1) is 13.4. The van der Waals surface area contributed by atoms with E-state index in [1.165, 1.54) is 0 Å². The summed E-state index contributed by atoms with van der Waals surface area (Å²) in [4.78, 5) is 49.8. The maximum Gasteiger partial charge on any atom is 0.469 e. The molecule has 0 aliphatic heterocycles. The summed E-state index contributed by atoms with van der Waals surface area (Å²) in [6.45, 7) is -0.371. The molecule has 0 aromatic carbocycles. The standard InChI is InChI=1S/C13H18IN5O8P2/c1-15-10-9-11(18-12(14)17-10)19(5-16-9)7-2-8(27-29(23,24)25)13(3-6(7)13)4-26-28(20,21)22/h5-8H,2-4H2,1H3,(H,15,17,18)(H2,20,21,22)(H2,23,24,25). The zero-order chi connectivity index (χ0) is 21.2. The van der Waals surface area contributed by atoms with Crippen molar-refractivity contribution >= 4 is 55.2 Å². The van der Waals surface area contributed by atoms with Crippen LogP contribution in [-0.4, -0.2) is 58.9 Å². The summed E-state index contributed by atoms with van der Waals surface area (Å²) in [6.07, 6.45) is 1.28. The van der Waals surface area contributed by atoms with Crippen LogP contribution in [0.25, 0.3) is 11.2 Å². The molecule has 29 heavy (non-hydrogen) atoms. The highest BCUT2D eigenvalue weighted by Gasteiger charge is 2.70. The first-order valence-electron chi connectivity index (χ1n) is 8.45. The van der Waals surface area contributed by atoms with Crippen molar-refractivity contribution in [2.75, 3.05) is 19.0 Å². The Morgan fingerprint density at radius 1 is 1.31 bits per heavy atom. The first-order valence-corrected chi connectivity index (χ1v) is 12.6. The average molecular weight is 561 g/mol. The molecular weight excluding hydrogens is 543 g/mol. The molecule has 4 rings (SSSR count). The van der Waals surface area contributed by atoms with Gasteiger partial charge in [0.25, 0.3) is 0 Å². The highest BCUT2D eigenvalue weighted by Crippen LogP contribution is 2.71. The summed E-state index contributed by atoms with van der Waals surface area (Å²) in [5, 5.41) is 2.95. The number of halogens is 1. The van der Waals surface area contributed by atoms with E-state index in [0.717, 1.165) is 0 Å². The van der Waals surface area contributed by atoms with Crippen molar-refractivity contribution in [3.63, 3.8) is 0 Å². The molecule has 2 fully saturated rings. The quantitative estimate of drug-likeness (QED) is 0.184. The summed E-state index contributed by atoms with van der Waals surface area (Å²) in [6, 6.07) is -0.285. The van der Waals surface area contributed by atoms with E-state index in [1.807, 2.05) is 22.6 Å². The van der Waals surface area contributed by atoms with Gasteiger partial charge in [-0.1, -0.05) is 0 Å². The largest absolute Gasteiger partial charge is 0.469 e. The molecule has 2 saturated carbocycles. The molecule has 16 heteroatoms. The van der Waals surface area contributed by atoms with Crippen molar-refractivity contribution in [1.29, 1.82) is 0 Å². The predicted octanol–water partition coefficient (Wildman–Crippen LogP) is 1.01. The zero-order valence-electron chi connectivity index (χ0n) is 14.9. The number of aromatic nitrogens is 4. The molecule has 5 N–H and O–H groups in total. The van der Waals surface area contributed by atoms with Crippen molar-refractivity contribution in [3.05, 3.63) is 10.2 Å². The number of phosphoric acid groups is 2. The Hall–Kier alpha value is -0.700. The predicted molar refractivity (Wildman–Crippen MR) is 107 cm³/mol. The van der Waals surface area contributed by atoms with Gasteiger partial charge in [-0.05, 0) is 18.8 Å². The van der Waals surface area contributed by atoms with Gasteiger partial charge in [0.15, 0.2) is 20.8 Å². The van der Waals surface area contributed by atoms with Gasteiger partial charge in [0.2, 0.25) is 0 Å². The molecule has 160 valence electrons. The van der Waals surface area contributed by atoms with Crippen LogP contribution in [0, 0.1) is 15.2 Å². The number of nitrogens with one attached hydrogen (secondary N) is 1. The average Bonchev–Trinajstić information content (AvgIpc) is 3.07. The van der Waals surface area contributed by atoms with Gasteiger partial charge in [0, 0.05) is 41.1 Å². The van der Waals surface area contributed by atoms with Crippen LogP contribution in [-0.2, 0) is 18.2 Å². The fourth-order valence-electron chi connectivity index (χ4n) is 4.25. The van der Waals surface area contributed by atoms with Crippen LogP contribution in [0.2, 0.25) is 0 Å². The zero-order valence-corrected chi connectivity index (χ0v) is 18.9. The van der Waals surface area contributed by atoms with E-state index < -0.39 is 27.2 Å². The minimum atomic E-state index is -4.82. The Morgan fingerprint density at radius 2 is 2.03 bits per heavy atom. The first kappa shape index (κ1) is 21.5. The number of nitrogens with zero attached hydrogens (tertiary/aromatic N) is 4. The molecule has 2 aromatic rings. The van der Waals surface area contributed by atoms with Gasteiger partial charge in [0.05, 0.1) is 19.0 Å². The lowest BCUT2D eigenvalue weighted by molar-refractivity contribution is 0.0499. The number of imidazole rings is 1. The number of rotatable bonds is 7. The number of hydrogen-bond acceptors (Lipinski definition) is 8. The molecule has 2 aromatic heterocycles. The van der Waals surface area contributed by atoms with Gasteiger partial charge >= 0.3 is 15.6 Å². The third-order valence-electron chi connectivity index (χ3n) is 5.49. The normalized spacial score (nSPS) is 29.2. The Kier molecular flexibility index (Phi) is 5.33. The van der Waals surface area contributed by atoms with Crippen molar-refractivity contribution in [2.45, 2.75) is 25.0 Å². The van der Waals surface area contributed by atoms with Gasteiger partial charge in [-0.3, -0.25) is 9.05 Å². The molecule has 0 radical (unpaired) electrons. The van der Waals surface area contributed by atoms with Gasteiger partial charge < -0.3 is 29.5 Å². The monoisotopic (exact) mass is 561 g/mol. The minimum absolute atomic E-state index is 0.173. The Morgan fingerprint density at radius 3 is 2.66 bits per heavy atom. The Labute approximate surface area is 177 Å². The van der Waals surface area contributed by atoms with E-state index in [0.29, 0.717) is 27.2 Å². The third-order valence-corrected chi connectivity index (χ3v) is 6.97. The topological polar surface area (TPSA) is 189 Å². The molecule has 0 saturated heterocycles. The summed E-state index contributed by atoms with van der Waals surface area (Å²) in [5.41, 5.74) is 0.187. The maximum absolute atomic E-state index is 11.5. The maximum atomic E-state index is 11.5. The van der Waals surface area contributed by atoms with Crippen molar-refractivity contribution in [2.24, 2.45) is 11.3 Å². The van der Waals surface area contributed by atoms with Crippen molar-refractivity contribution < 1.29 is 37.8 Å². The molecule has 2 aliphatic rings. The second-order valence-electron chi connectivity index (χ2n) is 7.11. The Balaban J connectivity index is 1.70. The number of anilines is 1. The molecule has 2 aliphatic carbocycles. The van der Waals surface area contributed by atoms with Gasteiger partial charge in [-0.25, -0.2) is 24.1 Å². The van der Waals surface area contributed by atoms with Crippen LogP contribution in [0.3, 0.4) is 0 Å². The molecule has 0 bridgehead atoms. The third kappa shape index (κ3) is 4.10. The molecule has 4 unspecified atom stereocenters. The summed E-state index contributed by atoms with van der Waals surface area (Å²) in [5.74, 6) is 0.375. The van der Waals surface area contributed by atoms with E-state index in [9.17, 15) is 18.9 Å². The Bertz CT molecular complexity index is 1060. The SMILES string of the molecule is CNc1nc(I)nc2c1ncn2C1CC(OP(=O)(O)O)C2(COP(=O)(O)O)CC12. The summed E-state index contributed by atoms with van der Waals surface area (Å²) in [7, 11) is -7.85. The second kappa shape index (κ2) is 7.18. The fourth-order valence-corrected chi connectivity index (χ4v) is 5.76. The number of phosphoric ester groups is 2. The lowest BCUT2D eigenvalue weighted by Gasteiger charge is -2.24. The molecule has 2 heterocycles. The van der Waals surface area contributed by atoms with E-state index in [-0.39, 0.29) is 25.0 Å². The molecule has 0 amide bonds. The highest BCUT2D eigenvalue weighted by molar-refractivity contribution is 14.1. The van der Waals surface area contributed by atoms with Crippen LogP contribution in [0.4, 0.5) is 5.82 Å².